The number of halogens is 3. The number of nitro groups is 1. The molecule has 1 aromatic rings. The molecule has 0 fully saturated rings. The Kier molecular flexibility index (Phi) is 4.69. The number of carbonyl (C=O) groups excluding carboxylic acids is 1. The minimum absolute atomic E-state index is 0.0381. The number of carbonyl (C=O) groups is 1. The topological polar surface area (TPSA) is 63.5 Å². The molecule has 0 amide bonds. The lowest BCUT2D eigenvalue weighted by atomic mass is 10.1. The highest BCUT2D eigenvalue weighted by molar-refractivity contribution is 5.79. The lowest BCUT2D eigenvalue weighted by molar-refractivity contribution is -0.384. The smallest absolute Gasteiger partial charge is 0.354 e. The van der Waals surface area contributed by atoms with E-state index in [4.69, 9.17) is 0 Å². The van der Waals surface area contributed by atoms with Crippen molar-refractivity contribution >= 4 is 17.7 Å². The van der Waals surface area contributed by atoms with Gasteiger partial charge in [0.05, 0.1) is 4.92 Å². The normalized spacial score (nSPS) is 11.5. The van der Waals surface area contributed by atoms with E-state index in [2.05, 4.69) is 0 Å². The predicted octanol–water partition coefficient (Wildman–Crippen LogP) is 3.18. The van der Waals surface area contributed by atoms with Gasteiger partial charge in [-0.1, -0.05) is 0 Å². The monoisotopic (exact) mass is 290 g/mol. The van der Waals surface area contributed by atoms with E-state index in [1.54, 1.807) is 0 Å². The van der Waals surface area contributed by atoms with Crippen LogP contribution in [0.3, 0.4) is 0 Å². The van der Waals surface area contributed by atoms with Gasteiger partial charge in [-0.3, -0.25) is 14.9 Å². The molecule has 0 unspecified atom stereocenters. The molecule has 110 valence electrons. The minimum Gasteiger partial charge on any atom is -0.354 e. The maximum Gasteiger partial charge on any atom is 0.405 e. The summed E-state index contributed by atoms with van der Waals surface area (Å²) in [5.74, 6) is 0. The molecule has 0 aliphatic carbocycles. The first-order chi connectivity index (χ1) is 9.15. The maximum absolute atomic E-state index is 12.6. The highest BCUT2D eigenvalue weighted by atomic mass is 19.4. The summed E-state index contributed by atoms with van der Waals surface area (Å²) in [5, 5.41) is 11.0. The van der Waals surface area contributed by atoms with Gasteiger partial charge in [-0.25, -0.2) is 0 Å². The molecule has 8 heteroatoms. The molecule has 0 saturated carbocycles. The van der Waals surface area contributed by atoms with E-state index >= 15 is 0 Å². The third-order valence-corrected chi connectivity index (χ3v) is 2.61. The van der Waals surface area contributed by atoms with E-state index < -0.39 is 29.4 Å². The van der Waals surface area contributed by atoms with E-state index in [0.29, 0.717) is 6.29 Å². The zero-order valence-corrected chi connectivity index (χ0v) is 10.8. The van der Waals surface area contributed by atoms with Gasteiger partial charge in [0.25, 0.3) is 5.69 Å². The summed E-state index contributed by atoms with van der Waals surface area (Å²) in [4.78, 5) is 21.7. The minimum atomic E-state index is -4.48. The molecule has 0 spiro atoms. The number of nitro benzene ring substituents is 1. The SMILES string of the molecule is CC(C)N(CC(F)(F)F)c1ccc(C=O)cc1[N+](=O)[O-]. The third kappa shape index (κ3) is 3.94. The molecule has 0 aliphatic rings. The molecule has 0 heterocycles. The van der Waals surface area contributed by atoms with Crippen molar-refractivity contribution in [3.8, 4) is 0 Å². The molecule has 5 nitrogen and oxygen atoms in total. The van der Waals surface area contributed by atoms with Crippen molar-refractivity contribution in [2.45, 2.75) is 26.1 Å². The molecule has 0 radical (unpaired) electrons. The largest absolute Gasteiger partial charge is 0.405 e. The molecule has 1 rings (SSSR count). The quantitative estimate of drug-likeness (QED) is 0.474. The highest BCUT2D eigenvalue weighted by Gasteiger charge is 2.34. The lowest BCUT2D eigenvalue weighted by Gasteiger charge is -2.29. The number of hydrogen-bond acceptors (Lipinski definition) is 4. The number of aldehydes is 1. The second-order valence-corrected chi connectivity index (χ2v) is 4.46. The first-order valence-electron chi connectivity index (χ1n) is 5.72. The van der Waals surface area contributed by atoms with Crippen LogP contribution in [-0.2, 0) is 0 Å². The Bertz CT molecular complexity index is 515. The predicted molar refractivity (Wildman–Crippen MR) is 67.0 cm³/mol. The second-order valence-electron chi connectivity index (χ2n) is 4.46. The number of alkyl halides is 3. The van der Waals surface area contributed by atoms with E-state index in [1.807, 2.05) is 0 Å². The summed E-state index contributed by atoms with van der Waals surface area (Å²) in [6.07, 6.45) is -4.08. The zero-order valence-electron chi connectivity index (χ0n) is 10.8. The van der Waals surface area contributed by atoms with Crippen LogP contribution in [0, 0.1) is 10.1 Å². The van der Waals surface area contributed by atoms with Gasteiger partial charge in [0.15, 0.2) is 0 Å². The van der Waals surface area contributed by atoms with Crippen LogP contribution < -0.4 is 4.90 Å². The molecule has 0 atom stereocenters. The number of hydrogen-bond donors (Lipinski definition) is 0. The Morgan fingerprint density at radius 3 is 2.40 bits per heavy atom. The standard InChI is InChI=1S/C12H13F3N2O3/c1-8(2)16(7-12(13,14)15)10-4-3-9(6-18)5-11(10)17(19)20/h3-6,8H,7H2,1-2H3. The molecule has 0 bridgehead atoms. The number of benzene rings is 1. The van der Waals surface area contributed by atoms with E-state index in [-0.39, 0.29) is 11.3 Å². The van der Waals surface area contributed by atoms with E-state index in [9.17, 15) is 28.1 Å². The van der Waals surface area contributed by atoms with Gasteiger partial charge < -0.3 is 4.90 Å². The van der Waals surface area contributed by atoms with Crippen molar-refractivity contribution in [1.82, 2.24) is 0 Å². The fourth-order valence-electron chi connectivity index (χ4n) is 1.74. The number of nitrogens with zero attached hydrogens (tertiary/aromatic N) is 2. The van der Waals surface area contributed by atoms with Crippen LogP contribution in [0.5, 0.6) is 0 Å². The van der Waals surface area contributed by atoms with Crippen molar-refractivity contribution < 1.29 is 22.9 Å². The van der Waals surface area contributed by atoms with Gasteiger partial charge in [0.2, 0.25) is 0 Å². The van der Waals surface area contributed by atoms with Crippen LogP contribution in [0.2, 0.25) is 0 Å². The third-order valence-electron chi connectivity index (χ3n) is 2.61. The van der Waals surface area contributed by atoms with Crippen molar-refractivity contribution in [3.05, 3.63) is 33.9 Å². The Balaban J connectivity index is 3.32. The maximum atomic E-state index is 12.6. The summed E-state index contributed by atoms with van der Waals surface area (Å²) in [6.45, 7) is 1.71. The molecular weight excluding hydrogens is 277 g/mol. The van der Waals surface area contributed by atoms with Crippen molar-refractivity contribution in [1.29, 1.82) is 0 Å². The number of rotatable bonds is 5. The fourth-order valence-corrected chi connectivity index (χ4v) is 1.74. The van der Waals surface area contributed by atoms with Gasteiger partial charge in [-0.15, -0.1) is 0 Å². The highest BCUT2D eigenvalue weighted by Crippen LogP contribution is 2.32. The van der Waals surface area contributed by atoms with Crippen LogP contribution in [0.4, 0.5) is 24.5 Å². The molecule has 0 aromatic heterocycles. The van der Waals surface area contributed by atoms with Crippen molar-refractivity contribution in [2.24, 2.45) is 0 Å². The van der Waals surface area contributed by atoms with Crippen molar-refractivity contribution in [3.63, 3.8) is 0 Å². The van der Waals surface area contributed by atoms with E-state index in [0.717, 1.165) is 17.0 Å². The second kappa shape index (κ2) is 5.89. The van der Waals surface area contributed by atoms with Crippen LogP contribution in [-0.4, -0.2) is 30.0 Å². The van der Waals surface area contributed by atoms with Crippen LogP contribution in [0.15, 0.2) is 18.2 Å². The van der Waals surface area contributed by atoms with Gasteiger partial charge in [0.1, 0.15) is 18.5 Å². The summed E-state index contributed by atoms with van der Waals surface area (Å²) >= 11 is 0. The van der Waals surface area contributed by atoms with E-state index in [1.165, 1.54) is 19.9 Å². The Hall–Kier alpha value is -2.12. The average Bonchev–Trinajstić information content (AvgIpc) is 2.34. The van der Waals surface area contributed by atoms with Gasteiger partial charge in [-0.2, -0.15) is 13.2 Å². The fraction of sp³-hybridized carbons (Fsp3) is 0.417. The summed E-state index contributed by atoms with van der Waals surface area (Å²) in [7, 11) is 0. The molecular formula is C12H13F3N2O3. The Labute approximate surface area is 113 Å². The van der Waals surface area contributed by atoms with Crippen molar-refractivity contribution in [2.75, 3.05) is 11.4 Å². The lowest BCUT2D eigenvalue weighted by Crippen LogP contribution is -2.39. The molecule has 0 aliphatic heterocycles. The summed E-state index contributed by atoms with van der Waals surface area (Å²) in [5.41, 5.74) is -0.642. The van der Waals surface area contributed by atoms with Gasteiger partial charge in [0, 0.05) is 17.7 Å². The average molecular weight is 290 g/mol. The summed E-state index contributed by atoms with van der Waals surface area (Å²) < 4.78 is 37.7. The first kappa shape index (κ1) is 15.9. The van der Waals surface area contributed by atoms with Crippen LogP contribution >= 0.6 is 0 Å². The van der Waals surface area contributed by atoms with Gasteiger partial charge >= 0.3 is 6.18 Å². The van der Waals surface area contributed by atoms with Gasteiger partial charge in [-0.05, 0) is 26.0 Å². The first-order valence-corrected chi connectivity index (χ1v) is 5.72. The molecule has 20 heavy (non-hydrogen) atoms. The molecule has 0 N–H and O–H groups in total. The number of anilines is 1. The Morgan fingerprint density at radius 2 is 2.00 bits per heavy atom. The molecule has 1 aromatic carbocycles. The summed E-state index contributed by atoms with van der Waals surface area (Å²) in [6, 6.07) is 2.79. The van der Waals surface area contributed by atoms with Crippen LogP contribution in [0.1, 0.15) is 24.2 Å². The molecule has 0 saturated heterocycles. The Morgan fingerprint density at radius 1 is 1.40 bits per heavy atom. The zero-order chi connectivity index (χ0) is 15.5. The van der Waals surface area contributed by atoms with Crippen LogP contribution in [0.25, 0.3) is 0 Å².